The molecule has 8 heteroatoms. The Morgan fingerprint density at radius 3 is 2.76 bits per heavy atom. The maximum atomic E-state index is 12.0. The SMILES string of the molecule is CC1Nc2cc([N+](=O)C(=O)C(=O)O)c(Br)cc2C1CC1CCCN1C. The number of rotatable bonds is 3. The van der Waals surface area contributed by atoms with Gasteiger partial charge in [0.1, 0.15) is 4.76 Å². The Labute approximate surface area is 154 Å². The van der Waals surface area contributed by atoms with E-state index in [0.717, 1.165) is 24.2 Å². The largest absolute Gasteiger partial charge is 0.549 e. The van der Waals surface area contributed by atoms with Gasteiger partial charge >= 0.3 is 11.9 Å². The predicted molar refractivity (Wildman–Crippen MR) is 96.2 cm³/mol. The van der Waals surface area contributed by atoms with Gasteiger partial charge in [0, 0.05) is 34.7 Å². The summed E-state index contributed by atoms with van der Waals surface area (Å²) in [6.45, 7) is 3.22. The van der Waals surface area contributed by atoms with Crippen LogP contribution in [0.25, 0.3) is 0 Å². The molecule has 7 nitrogen and oxygen atoms in total. The molecule has 2 heterocycles. The molecule has 1 aromatic rings. The minimum absolute atomic E-state index is 0.00415. The van der Waals surface area contributed by atoms with Crippen molar-refractivity contribution in [3.05, 3.63) is 27.1 Å². The summed E-state index contributed by atoms with van der Waals surface area (Å²) < 4.78 is 0.341. The molecule has 2 N–H and O–H groups in total. The molecule has 25 heavy (non-hydrogen) atoms. The van der Waals surface area contributed by atoms with Crippen LogP contribution in [-0.2, 0) is 9.59 Å². The number of hydrogen-bond donors (Lipinski definition) is 2. The minimum atomic E-state index is -1.77. The number of nitroso groups, excluding NO2 is 1. The van der Waals surface area contributed by atoms with E-state index in [9.17, 15) is 14.5 Å². The summed E-state index contributed by atoms with van der Waals surface area (Å²) in [5.41, 5.74) is 1.89. The second-order valence-corrected chi connectivity index (χ2v) is 7.70. The lowest BCUT2D eigenvalue weighted by Crippen LogP contribution is -2.29. The second kappa shape index (κ2) is 6.84. The van der Waals surface area contributed by atoms with E-state index >= 15 is 0 Å². The van der Waals surface area contributed by atoms with Gasteiger partial charge in [0.25, 0.3) is 5.69 Å². The molecule has 134 valence electrons. The van der Waals surface area contributed by atoms with Gasteiger partial charge in [-0.3, -0.25) is 0 Å². The molecule has 3 atom stereocenters. The first kappa shape index (κ1) is 18.0. The van der Waals surface area contributed by atoms with Gasteiger partial charge in [-0.1, -0.05) is 0 Å². The summed E-state index contributed by atoms with van der Waals surface area (Å²) >= 11 is 3.31. The molecular weight excluding hydrogens is 390 g/mol. The predicted octanol–water partition coefficient (Wildman–Crippen LogP) is 2.85. The molecule has 0 saturated carbocycles. The van der Waals surface area contributed by atoms with Crippen molar-refractivity contribution in [2.75, 3.05) is 18.9 Å². The Bertz CT molecular complexity index is 752. The van der Waals surface area contributed by atoms with Crippen LogP contribution in [0.15, 0.2) is 16.6 Å². The van der Waals surface area contributed by atoms with Crippen molar-refractivity contribution >= 4 is 39.2 Å². The van der Waals surface area contributed by atoms with Crippen molar-refractivity contribution in [2.24, 2.45) is 0 Å². The fraction of sp³-hybridized carbons (Fsp3) is 0.529. The molecule has 0 aliphatic carbocycles. The van der Waals surface area contributed by atoms with Gasteiger partial charge in [-0.05, 0) is 67.3 Å². The van der Waals surface area contributed by atoms with Gasteiger partial charge < -0.3 is 15.3 Å². The number of anilines is 1. The number of nitrogens with zero attached hydrogens (tertiary/aromatic N) is 2. The van der Waals surface area contributed by atoms with Gasteiger partial charge in [-0.15, -0.1) is 0 Å². The number of benzene rings is 1. The van der Waals surface area contributed by atoms with E-state index in [1.165, 1.54) is 12.8 Å². The molecule has 1 amide bonds. The Morgan fingerprint density at radius 1 is 1.44 bits per heavy atom. The zero-order valence-electron chi connectivity index (χ0n) is 14.2. The van der Waals surface area contributed by atoms with Crippen LogP contribution in [0.5, 0.6) is 0 Å². The van der Waals surface area contributed by atoms with Gasteiger partial charge in [-0.2, -0.15) is 0 Å². The third-order valence-corrected chi connectivity index (χ3v) is 5.92. The van der Waals surface area contributed by atoms with E-state index < -0.39 is 11.9 Å². The lowest BCUT2D eigenvalue weighted by Gasteiger charge is -2.25. The lowest BCUT2D eigenvalue weighted by molar-refractivity contribution is -0.383. The molecule has 2 aliphatic rings. The first-order chi connectivity index (χ1) is 11.8. The van der Waals surface area contributed by atoms with Crippen LogP contribution in [0, 0.1) is 4.91 Å². The Hall–Kier alpha value is -1.80. The smallest absolute Gasteiger partial charge is 0.470 e. The number of hydrogen-bond acceptors (Lipinski definition) is 5. The van der Waals surface area contributed by atoms with E-state index in [4.69, 9.17) is 5.11 Å². The van der Waals surface area contributed by atoms with Gasteiger partial charge in [0.15, 0.2) is 0 Å². The van der Waals surface area contributed by atoms with Crippen LogP contribution in [0.3, 0.4) is 0 Å². The molecular formula is C17H21BrN3O4+. The van der Waals surface area contributed by atoms with Crippen LogP contribution in [-0.4, -0.2) is 52.3 Å². The highest BCUT2D eigenvalue weighted by atomic mass is 79.9. The number of carboxylic acid groups (broad SMARTS) is 1. The highest BCUT2D eigenvalue weighted by molar-refractivity contribution is 9.10. The normalized spacial score (nSPS) is 25.5. The maximum absolute atomic E-state index is 12.0. The Kier molecular flexibility index (Phi) is 4.92. The van der Waals surface area contributed by atoms with Gasteiger partial charge in [-0.25, -0.2) is 9.59 Å². The topological polar surface area (TPSA) is 89.7 Å². The van der Waals surface area contributed by atoms with E-state index in [1.54, 1.807) is 6.07 Å². The molecule has 0 spiro atoms. The first-order valence-electron chi connectivity index (χ1n) is 8.34. The third kappa shape index (κ3) is 3.32. The highest BCUT2D eigenvalue weighted by Crippen LogP contribution is 2.44. The van der Waals surface area contributed by atoms with Crippen LogP contribution in [0.1, 0.15) is 37.7 Å². The van der Waals surface area contributed by atoms with Crippen molar-refractivity contribution in [1.82, 2.24) is 4.90 Å². The van der Waals surface area contributed by atoms with Crippen molar-refractivity contribution < 1.29 is 19.5 Å². The highest BCUT2D eigenvalue weighted by Gasteiger charge is 2.39. The first-order valence-corrected chi connectivity index (χ1v) is 9.13. The van der Waals surface area contributed by atoms with Crippen molar-refractivity contribution in [3.8, 4) is 0 Å². The quantitative estimate of drug-likeness (QED) is 0.588. The molecule has 0 bridgehead atoms. The van der Waals surface area contributed by atoms with E-state index in [-0.39, 0.29) is 16.5 Å². The summed E-state index contributed by atoms with van der Waals surface area (Å²) in [6.07, 6.45) is 3.43. The monoisotopic (exact) mass is 410 g/mol. The van der Waals surface area contributed by atoms with Crippen LogP contribution in [0.4, 0.5) is 11.4 Å². The number of aliphatic carboxylic acids is 1. The van der Waals surface area contributed by atoms with Gasteiger partial charge in [0.2, 0.25) is 0 Å². The number of carbonyl (C=O) groups is 2. The third-order valence-electron chi connectivity index (χ3n) is 5.29. The number of carbonyl (C=O) groups excluding carboxylic acids is 1. The number of amides is 1. The standard InChI is InChI=1S/C17H20BrN3O4/c1-9-11(6-10-4-3-5-20(10)2)12-7-13(18)15(8-14(12)19-9)21(25)16(22)17(23)24/h7-11,19H,3-6H2,1-2H3/p+1. The van der Waals surface area contributed by atoms with Crippen LogP contribution >= 0.6 is 15.9 Å². The zero-order chi connectivity index (χ0) is 18.3. The molecule has 3 unspecified atom stereocenters. The van der Waals surface area contributed by atoms with Crippen molar-refractivity contribution in [1.29, 1.82) is 0 Å². The number of likely N-dealkylation sites (tertiary alicyclic amines) is 1. The number of halogens is 1. The minimum Gasteiger partial charge on any atom is -0.470 e. The van der Waals surface area contributed by atoms with Crippen molar-refractivity contribution in [2.45, 2.75) is 44.2 Å². The lowest BCUT2D eigenvalue weighted by atomic mass is 9.88. The summed E-state index contributed by atoms with van der Waals surface area (Å²) in [7, 11) is 2.15. The zero-order valence-corrected chi connectivity index (χ0v) is 15.7. The average molecular weight is 411 g/mol. The van der Waals surface area contributed by atoms with Gasteiger partial charge in [0.05, 0.1) is 4.47 Å². The summed E-state index contributed by atoms with van der Waals surface area (Å²) in [4.78, 5) is 36.6. The fourth-order valence-corrected chi connectivity index (χ4v) is 4.40. The average Bonchev–Trinajstić information content (AvgIpc) is 3.09. The van der Waals surface area contributed by atoms with E-state index in [0.29, 0.717) is 16.4 Å². The van der Waals surface area contributed by atoms with E-state index in [1.807, 2.05) is 6.07 Å². The van der Waals surface area contributed by atoms with E-state index in [2.05, 4.69) is 40.1 Å². The number of fused-ring (bicyclic) bond motifs is 1. The number of nitrogens with one attached hydrogen (secondary N) is 1. The fourth-order valence-electron chi connectivity index (χ4n) is 3.88. The molecule has 0 aromatic heterocycles. The summed E-state index contributed by atoms with van der Waals surface area (Å²) in [5, 5.41) is 12.1. The molecule has 2 aliphatic heterocycles. The second-order valence-electron chi connectivity index (χ2n) is 6.85. The summed E-state index contributed by atoms with van der Waals surface area (Å²) in [6, 6.07) is 4.15. The molecule has 1 fully saturated rings. The number of carboxylic acids is 1. The molecule has 0 radical (unpaired) electrons. The van der Waals surface area contributed by atoms with Crippen LogP contribution in [0.2, 0.25) is 0 Å². The molecule has 3 rings (SSSR count). The molecule has 1 saturated heterocycles. The van der Waals surface area contributed by atoms with Crippen molar-refractivity contribution in [3.63, 3.8) is 0 Å². The molecule has 1 aromatic carbocycles. The Morgan fingerprint density at radius 2 is 2.16 bits per heavy atom. The maximum Gasteiger partial charge on any atom is 0.549 e. The Balaban J connectivity index is 1.89. The summed E-state index contributed by atoms with van der Waals surface area (Å²) in [5.74, 6) is -2.97. The van der Waals surface area contributed by atoms with Crippen LogP contribution < -0.4 is 5.32 Å².